The van der Waals surface area contributed by atoms with Crippen molar-refractivity contribution in [3.63, 3.8) is 0 Å². The van der Waals surface area contributed by atoms with Crippen LogP contribution in [0.5, 0.6) is 0 Å². The Morgan fingerprint density at radius 2 is 1.79 bits per heavy atom. The SMILES string of the molecule is CCCCCC(=O)NC(=S)Nc1ccc(S(=O)(=O)NC(C)C)cc1. The van der Waals surface area contributed by atoms with Crippen LogP contribution < -0.4 is 15.4 Å². The highest BCUT2D eigenvalue weighted by Gasteiger charge is 2.15. The molecule has 1 amide bonds. The quantitative estimate of drug-likeness (QED) is 0.483. The number of thiocarbonyl (C=S) groups is 1. The molecule has 0 aliphatic heterocycles. The zero-order valence-electron chi connectivity index (χ0n) is 14.3. The molecular formula is C16H25N3O3S2. The molecule has 24 heavy (non-hydrogen) atoms. The second-order valence-corrected chi connectivity index (χ2v) is 7.88. The molecule has 0 heterocycles. The van der Waals surface area contributed by atoms with Gasteiger partial charge in [-0.2, -0.15) is 0 Å². The van der Waals surface area contributed by atoms with E-state index >= 15 is 0 Å². The van der Waals surface area contributed by atoms with Gasteiger partial charge in [0, 0.05) is 18.2 Å². The molecule has 0 unspecified atom stereocenters. The molecule has 0 fully saturated rings. The molecule has 0 saturated heterocycles. The van der Waals surface area contributed by atoms with Crippen molar-refractivity contribution >= 4 is 38.9 Å². The number of hydrogen-bond acceptors (Lipinski definition) is 4. The highest BCUT2D eigenvalue weighted by atomic mass is 32.2. The lowest BCUT2D eigenvalue weighted by atomic mass is 10.2. The zero-order valence-corrected chi connectivity index (χ0v) is 15.9. The summed E-state index contributed by atoms with van der Waals surface area (Å²) in [6, 6.07) is 6.00. The highest BCUT2D eigenvalue weighted by molar-refractivity contribution is 7.89. The van der Waals surface area contributed by atoms with E-state index in [9.17, 15) is 13.2 Å². The molecule has 0 aromatic heterocycles. The van der Waals surface area contributed by atoms with Gasteiger partial charge in [-0.3, -0.25) is 4.79 Å². The van der Waals surface area contributed by atoms with E-state index in [1.807, 2.05) is 0 Å². The molecule has 0 atom stereocenters. The summed E-state index contributed by atoms with van der Waals surface area (Å²) in [6.07, 6.45) is 3.33. The minimum absolute atomic E-state index is 0.124. The Hall–Kier alpha value is -1.51. The van der Waals surface area contributed by atoms with Crippen LogP contribution in [0.1, 0.15) is 46.5 Å². The van der Waals surface area contributed by atoms with E-state index in [4.69, 9.17) is 12.2 Å². The summed E-state index contributed by atoms with van der Waals surface area (Å²) in [4.78, 5) is 11.9. The second-order valence-electron chi connectivity index (χ2n) is 5.76. The molecule has 0 radical (unpaired) electrons. The number of benzene rings is 1. The standard InChI is InChI=1S/C16H25N3O3S2/c1-4-5-6-7-15(20)18-16(23)17-13-8-10-14(11-9-13)24(21,22)19-12(2)3/h8-12,19H,4-7H2,1-3H3,(H2,17,18,20,23). The first-order chi connectivity index (χ1) is 11.2. The van der Waals surface area contributed by atoms with Crippen molar-refractivity contribution in [3.8, 4) is 0 Å². The van der Waals surface area contributed by atoms with Crippen LogP contribution in [0.3, 0.4) is 0 Å². The highest BCUT2D eigenvalue weighted by Crippen LogP contribution is 2.14. The summed E-state index contributed by atoms with van der Waals surface area (Å²) in [5.41, 5.74) is 0.609. The third-order valence-electron chi connectivity index (χ3n) is 3.07. The van der Waals surface area contributed by atoms with E-state index in [1.54, 1.807) is 26.0 Å². The van der Waals surface area contributed by atoms with Crippen molar-refractivity contribution in [1.29, 1.82) is 0 Å². The Morgan fingerprint density at radius 1 is 1.17 bits per heavy atom. The number of rotatable bonds is 8. The summed E-state index contributed by atoms with van der Waals surface area (Å²) in [5.74, 6) is -0.124. The molecule has 3 N–H and O–H groups in total. The summed E-state index contributed by atoms with van der Waals surface area (Å²) in [5, 5.41) is 5.68. The molecule has 1 aromatic rings. The van der Waals surface area contributed by atoms with Crippen LogP contribution >= 0.6 is 12.2 Å². The molecule has 0 spiro atoms. The van der Waals surface area contributed by atoms with Gasteiger partial charge in [-0.1, -0.05) is 19.8 Å². The number of anilines is 1. The van der Waals surface area contributed by atoms with Gasteiger partial charge in [0.2, 0.25) is 15.9 Å². The molecule has 0 saturated carbocycles. The molecule has 0 aliphatic carbocycles. The molecule has 1 rings (SSSR count). The third kappa shape index (κ3) is 7.37. The molecular weight excluding hydrogens is 346 g/mol. The van der Waals surface area contributed by atoms with Crippen molar-refractivity contribution in [2.24, 2.45) is 0 Å². The van der Waals surface area contributed by atoms with E-state index < -0.39 is 10.0 Å². The summed E-state index contributed by atoms with van der Waals surface area (Å²) in [7, 11) is -3.52. The van der Waals surface area contributed by atoms with Crippen molar-refractivity contribution in [3.05, 3.63) is 24.3 Å². The molecule has 134 valence electrons. The first kappa shape index (κ1) is 20.5. The van der Waals surface area contributed by atoms with Gasteiger partial charge < -0.3 is 10.6 Å². The topological polar surface area (TPSA) is 87.3 Å². The minimum Gasteiger partial charge on any atom is -0.332 e. The van der Waals surface area contributed by atoms with E-state index in [-0.39, 0.29) is 22.0 Å². The van der Waals surface area contributed by atoms with Gasteiger partial charge in [-0.15, -0.1) is 0 Å². The second kappa shape index (κ2) is 9.71. The van der Waals surface area contributed by atoms with Crippen molar-refractivity contribution in [1.82, 2.24) is 10.0 Å². The lowest BCUT2D eigenvalue weighted by Gasteiger charge is -2.12. The minimum atomic E-state index is -3.52. The van der Waals surface area contributed by atoms with Crippen LogP contribution in [0, 0.1) is 0 Å². The Morgan fingerprint density at radius 3 is 2.33 bits per heavy atom. The van der Waals surface area contributed by atoms with E-state index in [0.717, 1.165) is 19.3 Å². The molecule has 6 nitrogen and oxygen atoms in total. The van der Waals surface area contributed by atoms with Gasteiger partial charge in [0.25, 0.3) is 0 Å². The molecule has 0 aliphatic rings. The van der Waals surface area contributed by atoms with Crippen LogP contribution in [-0.2, 0) is 14.8 Å². The monoisotopic (exact) mass is 371 g/mol. The molecule has 0 bridgehead atoms. The van der Waals surface area contributed by atoms with Crippen LogP contribution in [0.25, 0.3) is 0 Å². The Kier molecular flexibility index (Phi) is 8.30. The summed E-state index contributed by atoms with van der Waals surface area (Å²) in [6.45, 7) is 5.59. The van der Waals surface area contributed by atoms with Gasteiger partial charge in [0.05, 0.1) is 4.90 Å². The van der Waals surface area contributed by atoms with Gasteiger partial charge in [0.1, 0.15) is 0 Å². The first-order valence-corrected chi connectivity index (χ1v) is 9.87. The predicted octanol–water partition coefficient (Wildman–Crippen LogP) is 2.77. The van der Waals surface area contributed by atoms with Crippen molar-refractivity contribution < 1.29 is 13.2 Å². The predicted molar refractivity (Wildman–Crippen MR) is 100 cm³/mol. The number of carbonyl (C=O) groups excluding carboxylic acids is 1. The van der Waals surface area contributed by atoms with Gasteiger partial charge in [-0.25, -0.2) is 13.1 Å². The van der Waals surface area contributed by atoms with E-state index in [0.29, 0.717) is 12.1 Å². The smallest absolute Gasteiger partial charge is 0.240 e. The lowest BCUT2D eigenvalue weighted by Crippen LogP contribution is -2.34. The van der Waals surface area contributed by atoms with Gasteiger partial charge in [-0.05, 0) is 56.8 Å². The van der Waals surface area contributed by atoms with Crippen molar-refractivity contribution in [2.45, 2.75) is 57.4 Å². The maximum atomic E-state index is 12.0. The number of nitrogens with one attached hydrogen (secondary N) is 3. The average Bonchev–Trinajstić information content (AvgIpc) is 2.46. The van der Waals surface area contributed by atoms with E-state index in [1.165, 1.54) is 12.1 Å². The van der Waals surface area contributed by atoms with Crippen LogP contribution in [0.4, 0.5) is 5.69 Å². The van der Waals surface area contributed by atoms with Gasteiger partial charge in [0.15, 0.2) is 5.11 Å². The third-order valence-corrected chi connectivity index (χ3v) is 4.95. The Labute approximate surface area is 149 Å². The number of carbonyl (C=O) groups is 1. The summed E-state index contributed by atoms with van der Waals surface area (Å²) < 4.78 is 26.6. The average molecular weight is 372 g/mol. The van der Waals surface area contributed by atoms with Crippen LogP contribution in [0.15, 0.2) is 29.2 Å². The molecule has 8 heteroatoms. The first-order valence-electron chi connectivity index (χ1n) is 7.98. The number of sulfonamides is 1. The largest absolute Gasteiger partial charge is 0.332 e. The fourth-order valence-corrected chi connectivity index (χ4v) is 3.47. The number of unbranched alkanes of at least 4 members (excludes halogenated alkanes) is 2. The van der Waals surface area contributed by atoms with Crippen LogP contribution in [-0.4, -0.2) is 25.5 Å². The van der Waals surface area contributed by atoms with Crippen LogP contribution in [0.2, 0.25) is 0 Å². The number of amides is 1. The normalized spacial score (nSPS) is 11.3. The summed E-state index contributed by atoms with van der Waals surface area (Å²) >= 11 is 5.08. The maximum absolute atomic E-state index is 12.0. The lowest BCUT2D eigenvalue weighted by molar-refractivity contribution is -0.119. The molecule has 1 aromatic carbocycles. The fraction of sp³-hybridized carbons (Fsp3) is 0.500. The van der Waals surface area contributed by atoms with Gasteiger partial charge >= 0.3 is 0 Å². The van der Waals surface area contributed by atoms with E-state index in [2.05, 4.69) is 22.3 Å². The Bertz CT molecular complexity index is 656. The Balaban J connectivity index is 2.58. The zero-order chi connectivity index (χ0) is 18.2. The fourth-order valence-electron chi connectivity index (χ4n) is 1.98. The maximum Gasteiger partial charge on any atom is 0.240 e. The van der Waals surface area contributed by atoms with Crippen molar-refractivity contribution in [2.75, 3.05) is 5.32 Å². The number of hydrogen-bond donors (Lipinski definition) is 3.